The maximum absolute atomic E-state index is 13.8. The second kappa shape index (κ2) is 10.7. The van der Waals surface area contributed by atoms with E-state index in [4.69, 9.17) is 9.47 Å². The average Bonchev–Trinajstić information content (AvgIpc) is 2.82. The van der Waals surface area contributed by atoms with Gasteiger partial charge in [-0.3, -0.25) is 25.8 Å². The number of rotatable bonds is 10. The number of halogens is 1. The fourth-order valence-electron chi connectivity index (χ4n) is 2.96. The number of aromatic nitrogens is 2. The Morgan fingerprint density at radius 3 is 2.52 bits per heavy atom. The average molecular weight is 456 g/mol. The summed E-state index contributed by atoms with van der Waals surface area (Å²) in [5.41, 5.74) is 4.78. The zero-order valence-corrected chi connectivity index (χ0v) is 17.8. The first kappa shape index (κ1) is 23.2. The molecule has 0 saturated carbocycles. The first-order chi connectivity index (χ1) is 15.9. The van der Waals surface area contributed by atoms with Crippen molar-refractivity contribution in [2.45, 2.75) is 6.42 Å². The van der Waals surface area contributed by atoms with Crippen LogP contribution in [0.4, 0.5) is 21.7 Å². The molecule has 0 spiro atoms. The maximum atomic E-state index is 13.8. The van der Waals surface area contributed by atoms with E-state index in [-0.39, 0.29) is 17.2 Å². The predicted octanol–water partition coefficient (Wildman–Crippen LogP) is 2.95. The summed E-state index contributed by atoms with van der Waals surface area (Å²) in [6, 6.07) is 10.8. The molecule has 0 aliphatic rings. The lowest BCUT2D eigenvalue weighted by Gasteiger charge is -2.12. The van der Waals surface area contributed by atoms with Crippen molar-refractivity contribution in [3.05, 3.63) is 75.9 Å². The topological polar surface area (TPSA) is 141 Å². The van der Waals surface area contributed by atoms with E-state index in [1.54, 1.807) is 12.1 Å². The number of nitrogens with zero attached hydrogens (tertiary/aromatic N) is 3. The number of hydrogen-bond acceptors (Lipinski definition) is 9. The van der Waals surface area contributed by atoms with Crippen molar-refractivity contribution in [3.8, 4) is 11.5 Å². The van der Waals surface area contributed by atoms with E-state index in [2.05, 4.69) is 26.1 Å². The molecule has 0 saturated heterocycles. The van der Waals surface area contributed by atoms with Crippen molar-refractivity contribution >= 4 is 23.2 Å². The highest BCUT2D eigenvalue weighted by Gasteiger charge is 2.23. The quantitative estimate of drug-likeness (QED) is 0.310. The predicted molar refractivity (Wildman–Crippen MR) is 118 cm³/mol. The first-order valence-electron chi connectivity index (χ1n) is 9.69. The van der Waals surface area contributed by atoms with Gasteiger partial charge in [-0.2, -0.15) is 0 Å². The molecule has 2 aromatic carbocycles. The third kappa shape index (κ3) is 5.61. The highest BCUT2D eigenvalue weighted by Crippen LogP contribution is 2.29. The Labute approximate surface area is 188 Å². The van der Waals surface area contributed by atoms with Crippen LogP contribution in [0.2, 0.25) is 0 Å². The number of methoxy groups -OCH3 is 2. The fourth-order valence-corrected chi connectivity index (χ4v) is 2.96. The number of nitro groups is 1. The number of amides is 1. The van der Waals surface area contributed by atoms with Crippen molar-refractivity contribution in [2.24, 2.45) is 0 Å². The van der Waals surface area contributed by atoms with Crippen LogP contribution in [-0.2, 0) is 6.42 Å². The van der Waals surface area contributed by atoms with Gasteiger partial charge in [-0.15, -0.1) is 0 Å². The van der Waals surface area contributed by atoms with Crippen molar-refractivity contribution in [1.82, 2.24) is 15.4 Å². The van der Waals surface area contributed by atoms with Gasteiger partial charge in [0, 0.05) is 6.54 Å². The summed E-state index contributed by atoms with van der Waals surface area (Å²) in [7, 11) is 3.07. The molecule has 172 valence electrons. The molecule has 12 heteroatoms. The standard InChI is InChI=1S/C21H21FN6O5/c1-32-16-8-7-13(11-17(16)33-2)9-10-23-19-18(28(30)31)20(25-12-24-19)26-27-21(29)14-5-3-4-6-15(14)22/h3-8,11-12H,9-10H2,1-2H3,(H,27,29)(H2,23,24,25,26). The number of anilines is 2. The van der Waals surface area contributed by atoms with Crippen LogP contribution < -0.4 is 25.6 Å². The molecule has 0 atom stereocenters. The van der Waals surface area contributed by atoms with Gasteiger partial charge in [0.1, 0.15) is 12.1 Å². The third-order valence-electron chi connectivity index (χ3n) is 4.57. The van der Waals surface area contributed by atoms with Crippen molar-refractivity contribution in [3.63, 3.8) is 0 Å². The minimum absolute atomic E-state index is 0.0434. The molecule has 0 unspecified atom stereocenters. The lowest BCUT2D eigenvalue weighted by molar-refractivity contribution is -0.383. The Bertz CT molecular complexity index is 1160. The summed E-state index contributed by atoms with van der Waals surface area (Å²) >= 11 is 0. The van der Waals surface area contributed by atoms with E-state index in [0.29, 0.717) is 24.5 Å². The van der Waals surface area contributed by atoms with E-state index in [9.17, 15) is 19.3 Å². The van der Waals surface area contributed by atoms with Crippen molar-refractivity contribution in [1.29, 1.82) is 0 Å². The minimum atomic E-state index is -0.816. The number of nitrogens with one attached hydrogen (secondary N) is 3. The molecule has 3 N–H and O–H groups in total. The molecular formula is C21H21FN6O5. The van der Waals surface area contributed by atoms with Crippen LogP contribution in [0.15, 0.2) is 48.8 Å². The molecule has 0 aliphatic heterocycles. The number of benzene rings is 2. The SMILES string of the molecule is COc1ccc(CCNc2ncnc(NNC(=O)c3ccccc3F)c2[N+](=O)[O-])cc1OC. The largest absolute Gasteiger partial charge is 0.493 e. The van der Waals surface area contributed by atoms with Crippen LogP contribution in [-0.4, -0.2) is 41.6 Å². The summed E-state index contributed by atoms with van der Waals surface area (Å²) in [5.74, 6) is -0.684. The van der Waals surface area contributed by atoms with Crippen LogP contribution in [0.3, 0.4) is 0 Å². The molecule has 3 rings (SSSR count). The molecule has 0 radical (unpaired) electrons. The zero-order valence-electron chi connectivity index (χ0n) is 17.8. The number of hydrogen-bond donors (Lipinski definition) is 3. The number of carbonyl (C=O) groups excluding carboxylic acids is 1. The normalized spacial score (nSPS) is 10.3. The lowest BCUT2D eigenvalue weighted by atomic mass is 10.1. The molecule has 0 bridgehead atoms. The summed E-state index contributed by atoms with van der Waals surface area (Å²) in [6.07, 6.45) is 1.61. The maximum Gasteiger partial charge on any atom is 0.354 e. The summed E-state index contributed by atoms with van der Waals surface area (Å²) < 4.78 is 24.2. The molecule has 0 fully saturated rings. The third-order valence-corrected chi connectivity index (χ3v) is 4.57. The van der Waals surface area contributed by atoms with Gasteiger partial charge in [-0.25, -0.2) is 14.4 Å². The van der Waals surface area contributed by atoms with Crippen LogP contribution in [0.1, 0.15) is 15.9 Å². The molecule has 3 aromatic rings. The van der Waals surface area contributed by atoms with Crippen molar-refractivity contribution < 1.29 is 23.6 Å². The second-order valence-electron chi connectivity index (χ2n) is 6.60. The van der Waals surface area contributed by atoms with Crippen molar-refractivity contribution in [2.75, 3.05) is 31.5 Å². The summed E-state index contributed by atoms with van der Waals surface area (Å²) in [5, 5.41) is 14.5. The number of ether oxygens (including phenoxy) is 2. The second-order valence-corrected chi connectivity index (χ2v) is 6.60. The van der Waals surface area contributed by atoms with Gasteiger partial charge < -0.3 is 14.8 Å². The van der Waals surface area contributed by atoms with Gasteiger partial charge >= 0.3 is 5.69 Å². The summed E-state index contributed by atoms with van der Waals surface area (Å²) in [6.45, 7) is 0.314. The fraction of sp³-hybridized carbons (Fsp3) is 0.190. The van der Waals surface area contributed by atoms with Crippen LogP contribution in [0.5, 0.6) is 11.5 Å². The molecule has 11 nitrogen and oxygen atoms in total. The Hall–Kier alpha value is -4.48. The van der Waals surface area contributed by atoms with Gasteiger partial charge in [0.05, 0.1) is 24.7 Å². The van der Waals surface area contributed by atoms with E-state index >= 15 is 0 Å². The Balaban J connectivity index is 1.69. The van der Waals surface area contributed by atoms with Gasteiger partial charge in [0.2, 0.25) is 11.6 Å². The Morgan fingerprint density at radius 1 is 1.09 bits per heavy atom. The first-order valence-corrected chi connectivity index (χ1v) is 9.69. The lowest BCUT2D eigenvalue weighted by Crippen LogP contribution is -2.31. The molecule has 33 heavy (non-hydrogen) atoms. The molecular weight excluding hydrogens is 435 g/mol. The van der Waals surface area contributed by atoms with Crippen LogP contribution in [0, 0.1) is 15.9 Å². The highest BCUT2D eigenvalue weighted by atomic mass is 19.1. The minimum Gasteiger partial charge on any atom is -0.493 e. The molecule has 0 aliphatic carbocycles. The van der Waals surface area contributed by atoms with Crippen LogP contribution >= 0.6 is 0 Å². The van der Waals surface area contributed by atoms with E-state index < -0.39 is 22.3 Å². The molecule has 1 aromatic heterocycles. The van der Waals surface area contributed by atoms with Gasteiger partial charge in [0.15, 0.2) is 11.5 Å². The Kier molecular flexibility index (Phi) is 7.52. The van der Waals surface area contributed by atoms with Gasteiger partial charge in [0.25, 0.3) is 5.91 Å². The molecule has 1 heterocycles. The van der Waals surface area contributed by atoms with E-state index in [1.807, 2.05) is 6.07 Å². The van der Waals surface area contributed by atoms with Gasteiger partial charge in [-0.1, -0.05) is 18.2 Å². The molecule has 1 amide bonds. The van der Waals surface area contributed by atoms with Crippen LogP contribution in [0.25, 0.3) is 0 Å². The smallest absolute Gasteiger partial charge is 0.354 e. The Morgan fingerprint density at radius 2 is 1.82 bits per heavy atom. The number of hydrazine groups is 1. The van der Waals surface area contributed by atoms with E-state index in [1.165, 1.54) is 32.4 Å². The summed E-state index contributed by atoms with van der Waals surface area (Å²) in [4.78, 5) is 30.9. The van der Waals surface area contributed by atoms with E-state index in [0.717, 1.165) is 18.0 Å². The zero-order chi connectivity index (χ0) is 23.8. The highest BCUT2D eigenvalue weighted by molar-refractivity contribution is 5.95. The van der Waals surface area contributed by atoms with Gasteiger partial charge in [-0.05, 0) is 36.2 Å². The monoisotopic (exact) mass is 456 g/mol. The number of carbonyl (C=O) groups is 1.